The lowest BCUT2D eigenvalue weighted by Crippen LogP contribution is -2.35. The fourth-order valence-corrected chi connectivity index (χ4v) is 2.08. The summed E-state index contributed by atoms with van der Waals surface area (Å²) in [4.78, 5) is 11.4. The van der Waals surface area contributed by atoms with Crippen molar-refractivity contribution in [2.45, 2.75) is 25.3 Å². The Labute approximate surface area is 89.4 Å². The molecule has 2 rings (SSSR count). The molecule has 0 aliphatic carbocycles. The highest BCUT2D eigenvalue weighted by Crippen LogP contribution is 2.33. The lowest BCUT2D eigenvalue weighted by atomic mass is 9.88. The summed E-state index contributed by atoms with van der Waals surface area (Å²) in [5.74, 6) is 0.211. The molecule has 0 radical (unpaired) electrons. The lowest BCUT2D eigenvalue weighted by molar-refractivity contribution is -0.141. The number of anilines is 1. The van der Waals surface area contributed by atoms with E-state index in [1.807, 2.05) is 18.2 Å². The largest absolute Gasteiger partial charge is 0.467 e. The van der Waals surface area contributed by atoms with E-state index in [1.54, 1.807) is 0 Å². The predicted molar refractivity (Wildman–Crippen MR) is 58.9 cm³/mol. The molecule has 1 aliphatic rings. The molecule has 1 N–H and O–H groups in total. The van der Waals surface area contributed by atoms with Crippen molar-refractivity contribution in [3.8, 4) is 0 Å². The maximum Gasteiger partial charge on any atom is 0.328 e. The highest BCUT2D eigenvalue weighted by atomic mass is 16.5. The molecule has 0 spiro atoms. The van der Waals surface area contributed by atoms with Gasteiger partial charge in [0.2, 0.25) is 0 Å². The normalized spacial score (nSPS) is 23.9. The number of rotatable bonds is 1. The van der Waals surface area contributed by atoms with Crippen LogP contribution in [0.5, 0.6) is 0 Å². The van der Waals surface area contributed by atoms with Gasteiger partial charge in [0, 0.05) is 5.69 Å². The summed E-state index contributed by atoms with van der Waals surface area (Å²) in [5.41, 5.74) is 2.32. The van der Waals surface area contributed by atoms with E-state index in [-0.39, 0.29) is 12.0 Å². The molecule has 0 fully saturated rings. The van der Waals surface area contributed by atoms with Crippen LogP contribution in [0.15, 0.2) is 24.3 Å². The van der Waals surface area contributed by atoms with Gasteiger partial charge in [0.25, 0.3) is 0 Å². The van der Waals surface area contributed by atoms with Gasteiger partial charge in [0.1, 0.15) is 6.04 Å². The smallest absolute Gasteiger partial charge is 0.328 e. The van der Waals surface area contributed by atoms with Gasteiger partial charge in [-0.1, -0.05) is 25.1 Å². The first-order chi connectivity index (χ1) is 7.22. The van der Waals surface area contributed by atoms with Gasteiger partial charge < -0.3 is 10.1 Å². The molecule has 1 heterocycles. The number of para-hydroxylation sites is 1. The molecule has 2 atom stereocenters. The van der Waals surface area contributed by atoms with E-state index in [9.17, 15) is 4.79 Å². The summed E-state index contributed by atoms with van der Waals surface area (Å²) in [6.45, 7) is 2.13. The molecule has 0 bridgehead atoms. The molecule has 1 aliphatic heterocycles. The third-order valence-electron chi connectivity index (χ3n) is 2.90. The van der Waals surface area contributed by atoms with E-state index in [0.29, 0.717) is 5.92 Å². The molecule has 0 saturated heterocycles. The third-order valence-corrected chi connectivity index (χ3v) is 2.90. The van der Waals surface area contributed by atoms with Gasteiger partial charge in [-0.05, 0) is 24.0 Å². The van der Waals surface area contributed by atoms with Crippen LogP contribution in [0.1, 0.15) is 24.8 Å². The van der Waals surface area contributed by atoms with Crippen molar-refractivity contribution >= 4 is 11.7 Å². The quantitative estimate of drug-likeness (QED) is 0.714. The van der Waals surface area contributed by atoms with Gasteiger partial charge in [-0.15, -0.1) is 0 Å². The summed E-state index contributed by atoms with van der Waals surface area (Å²) >= 11 is 0. The first-order valence-corrected chi connectivity index (χ1v) is 5.15. The second-order valence-electron chi connectivity index (χ2n) is 3.94. The molecule has 0 unspecified atom stereocenters. The van der Waals surface area contributed by atoms with Gasteiger partial charge in [0.15, 0.2) is 0 Å². The zero-order valence-electron chi connectivity index (χ0n) is 8.99. The molecule has 3 heteroatoms. The van der Waals surface area contributed by atoms with Gasteiger partial charge in [-0.3, -0.25) is 0 Å². The number of hydrogen-bond donors (Lipinski definition) is 1. The molecule has 0 aromatic heterocycles. The Morgan fingerprint density at radius 2 is 2.20 bits per heavy atom. The fourth-order valence-electron chi connectivity index (χ4n) is 2.08. The molecule has 1 aromatic rings. The average molecular weight is 205 g/mol. The Balaban J connectivity index is 2.26. The number of carbonyl (C=O) groups excluding carboxylic acids is 1. The minimum Gasteiger partial charge on any atom is -0.467 e. The molecular weight excluding hydrogens is 190 g/mol. The Hall–Kier alpha value is -1.51. The van der Waals surface area contributed by atoms with Crippen molar-refractivity contribution < 1.29 is 9.53 Å². The van der Waals surface area contributed by atoms with Gasteiger partial charge in [0.05, 0.1) is 7.11 Å². The standard InChI is InChI=1S/C12H15NO2/c1-8-7-11(12(14)15-2)13-10-6-4-3-5-9(8)10/h3-6,8,11,13H,7H2,1-2H3/t8-,11+/m1/s1. The highest BCUT2D eigenvalue weighted by molar-refractivity contribution is 5.80. The number of carbonyl (C=O) groups is 1. The molecule has 0 amide bonds. The van der Waals surface area contributed by atoms with Crippen LogP contribution in [-0.2, 0) is 9.53 Å². The van der Waals surface area contributed by atoms with E-state index in [1.165, 1.54) is 12.7 Å². The van der Waals surface area contributed by atoms with Crippen LogP contribution in [0.3, 0.4) is 0 Å². The van der Waals surface area contributed by atoms with Crippen LogP contribution in [0.4, 0.5) is 5.69 Å². The topological polar surface area (TPSA) is 38.3 Å². The van der Waals surface area contributed by atoms with Gasteiger partial charge >= 0.3 is 5.97 Å². The van der Waals surface area contributed by atoms with Crippen LogP contribution in [0.2, 0.25) is 0 Å². The van der Waals surface area contributed by atoms with E-state index in [4.69, 9.17) is 4.74 Å². The van der Waals surface area contributed by atoms with E-state index in [0.717, 1.165) is 12.1 Å². The summed E-state index contributed by atoms with van der Waals surface area (Å²) in [7, 11) is 1.43. The fraction of sp³-hybridized carbons (Fsp3) is 0.417. The van der Waals surface area contributed by atoms with Crippen LogP contribution in [0.25, 0.3) is 0 Å². The summed E-state index contributed by atoms with van der Waals surface area (Å²) < 4.78 is 4.75. The maximum absolute atomic E-state index is 11.4. The van der Waals surface area contributed by atoms with Crippen LogP contribution >= 0.6 is 0 Å². The summed E-state index contributed by atoms with van der Waals surface area (Å²) in [6, 6.07) is 7.88. The monoisotopic (exact) mass is 205 g/mol. The number of ether oxygens (including phenoxy) is 1. The van der Waals surface area contributed by atoms with E-state index in [2.05, 4.69) is 18.3 Å². The van der Waals surface area contributed by atoms with Crippen molar-refractivity contribution in [3.63, 3.8) is 0 Å². The number of fused-ring (bicyclic) bond motifs is 1. The molecular formula is C12H15NO2. The molecule has 0 saturated carbocycles. The van der Waals surface area contributed by atoms with Crippen molar-refractivity contribution in [1.29, 1.82) is 0 Å². The van der Waals surface area contributed by atoms with Crippen LogP contribution < -0.4 is 5.32 Å². The highest BCUT2D eigenvalue weighted by Gasteiger charge is 2.28. The van der Waals surface area contributed by atoms with Gasteiger partial charge in [-0.25, -0.2) is 4.79 Å². The maximum atomic E-state index is 11.4. The van der Waals surface area contributed by atoms with Crippen molar-refractivity contribution in [2.75, 3.05) is 12.4 Å². The van der Waals surface area contributed by atoms with Crippen molar-refractivity contribution in [1.82, 2.24) is 0 Å². The predicted octanol–water partition coefficient (Wildman–Crippen LogP) is 2.15. The number of benzene rings is 1. The molecule has 15 heavy (non-hydrogen) atoms. The molecule has 1 aromatic carbocycles. The second-order valence-corrected chi connectivity index (χ2v) is 3.94. The Morgan fingerprint density at radius 1 is 1.47 bits per heavy atom. The van der Waals surface area contributed by atoms with Gasteiger partial charge in [-0.2, -0.15) is 0 Å². The molecule has 80 valence electrons. The Bertz CT molecular complexity index is 376. The van der Waals surface area contributed by atoms with Crippen molar-refractivity contribution in [2.24, 2.45) is 0 Å². The minimum atomic E-state index is -0.208. The zero-order chi connectivity index (χ0) is 10.8. The Morgan fingerprint density at radius 3 is 2.93 bits per heavy atom. The first kappa shape index (κ1) is 10.0. The molecule has 3 nitrogen and oxygen atoms in total. The first-order valence-electron chi connectivity index (χ1n) is 5.15. The number of hydrogen-bond acceptors (Lipinski definition) is 3. The van der Waals surface area contributed by atoms with E-state index < -0.39 is 0 Å². The zero-order valence-corrected chi connectivity index (χ0v) is 8.99. The number of esters is 1. The number of nitrogens with one attached hydrogen (secondary N) is 1. The van der Waals surface area contributed by atoms with Crippen LogP contribution in [-0.4, -0.2) is 19.1 Å². The summed E-state index contributed by atoms with van der Waals surface area (Å²) in [5, 5.41) is 3.20. The number of methoxy groups -OCH3 is 1. The minimum absolute atomic E-state index is 0.184. The van der Waals surface area contributed by atoms with Crippen molar-refractivity contribution in [3.05, 3.63) is 29.8 Å². The average Bonchev–Trinajstić information content (AvgIpc) is 2.28. The van der Waals surface area contributed by atoms with E-state index >= 15 is 0 Å². The SMILES string of the molecule is COC(=O)[C@@H]1C[C@@H](C)c2ccccc2N1. The lowest BCUT2D eigenvalue weighted by Gasteiger charge is -2.29. The second kappa shape index (κ2) is 3.93. The Kier molecular flexibility index (Phi) is 2.62. The third kappa shape index (κ3) is 1.82. The summed E-state index contributed by atoms with van der Waals surface area (Å²) in [6.07, 6.45) is 0.795. The van der Waals surface area contributed by atoms with Crippen LogP contribution in [0, 0.1) is 0 Å².